The molecule has 1 rings (SSSR count). The van der Waals surface area contributed by atoms with Gasteiger partial charge in [-0.1, -0.05) is 11.6 Å². The lowest BCUT2D eigenvalue weighted by atomic mass is 10.0. The van der Waals surface area contributed by atoms with Gasteiger partial charge in [0.05, 0.1) is 12.5 Å². The number of rotatable bonds is 4. The molecule has 1 heterocycles. The van der Waals surface area contributed by atoms with E-state index in [2.05, 4.69) is 20.9 Å². The molecule has 1 amide bonds. The Morgan fingerprint density at radius 2 is 2.25 bits per heavy atom. The van der Waals surface area contributed by atoms with Crippen molar-refractivity contribution < 1.29 is 15.0 Å². The van der Waals surface area contributed by atoms with Gasteiger partial charge in [0.25, 0.3) is 0 Å². The molecule has 1 aromatic heterocycles. The summed E-state index contributed by atoms with van der Waals surface area (Å²) >= 11 is 8.91. The molecule has 1 aromatic rings. The van der Waals surface area contributed by atoms with E-state index >= 15 is 0 Å². The third kappa shape index (κ3) is 3.41. The zero-order chi connectivity index (χ0) is 12.3. The number of halogens is 2. The fraction of sp³-hybridized carbons (Fsp3) is 0.333. The second-order valence-corrected chi connectivity index (χ2v) is 4.49. The fourth-order valence-corrected chi connectivity index (χ4v) is 1.73. The first kappa shape index (κ1) is 13.4. The second kappa shape index (κ2) is 5.58. The van der Waals surface area contributed by atoms with Crippen LogP contribution in [0.4, 0.5) is 0 Å². The summed E-state index contributed by atoms with van der Waals surface area (Å²) in [5.74, 6) is -0.703. The van der Waals surface area contributed by atoms with Crippen molar-refractivity contribution in [3.63, 3.8) is 0 Å². The van der Waals surface area contributed by atoms with Gasteiger partial charge < -0.3 is 15.9 Å². The third-order valence-corrected chi connectivity index (χ3v) is 2.68. The molecule has 0 saturated carbocycles. The monoisotopic (exact) mass is 308 g/mol. The molecule has 0 fully saturated rings. The standard InChI is InChI=1S/C9H10BrClN2O3/c10-4-1-5(9(11)13-3-4)8(16)6(14)2-7(12)15/h1,3,6,8,14,16H,2H2,(H2,12,15). The van der Waals surface area contributed by atoms with Gasteiger partial charge in [0, 0.05) is 16.2 Å². The van der Waals surface area contributed by atoms with Gasteiger partial charge in [-0.05, 0) is 22.0 Å². The van der Waals surface area contributed by atoms with Crippen molar-refractivity contribution in [2.24, 2.45) is 5.73 Å². The summed E-state index contributed by atoms with van der Waals surface area (Å²) in [6.45, 7) is 0. The van der Waals surface area contributed by atoms with Crippen molar-refractivity contribution in [2.45, 2.75) is 18.6 Å². The third-order valence-electron chi connectivity index (χ3n) is 1.93. The van der Waals surface area contributed by atoms with E-state index in [4.69, 9.17) is 17.3 Å². The van der Waals surface area contributed by atoms with E-state index in [1.54, 1.807) is 0 Å². The summed E-state index contributed by atoms with van der Waals surface area (Å²) in [5, 5.41) is 19.3. The number of primary amides is 1. The number of nitrogens with zero attached hydrogens (tertiary/aromatic N) is 1. The second-order valence-electron chi connectivity index (χ2n) is 3.22. The molecule has 4 N–H and O–H groups in total. The van der Waals surface area contributed by atoms with Gasteiger partial charge in [-0.2, -0.15) is 0 Å². The lowest BCUT2D eigenvalue weighted by Crippen LogP contribution is -2.26. The Morgan fingerprint density at radius 3 is 2.81 bits per heavy atom. The zero-order valence-corrected chi connectivity index (χ0v) is 10.4. The smallest absolute Gasteiger partial charge is 0.220 e. The van der Waals surface area contributed by atoms with Crippen LogP contribution in [0.15, 0.2) is 16.7 Å². The fourth-order valence-electron chi connectivity index (χ4n) is 1.17. The van der Waals surface area contributed by atoms with Crippen LogP contribution < -0.4 is 5.73 Å². The first-order chi connectivity index (χ1) is 7.41. The number of hydrogen-bond donors (Lipinski definition) is 3. The molecule has 0 radical (unpaired) electrons. The van der Waals surface area contributed by atoms with Crippen molar-refractivity contribution >= 4 is 33.4 Å². The largest absolute Gasteiger partial charge is 0.390 e. The van der Waals surface area contributed by atoms with E-state index in [0.29, 0.717) is 4.47 Å². The van der Waals surface area contributed by atoms with Crippen molar-refractivity contribution in [1.82, 2.24) is 4.98 Å². The van der Waals surface area contributed by atoms with E-state index in [1.807, 2.05) is 0 Å². The van der Waals surface area contributed by atoms with Gasteiger partial charge in [0.15, 0.2) is 0 Å². The molecule has 0 spiro atoms. The zero-order valence-electron chi connectivity index (χ0n) is 8.10. The van der Waals surface area contributed by atoms with Crippen LogP contribution in [0.2, 0.25) is 5.15 Å². The summed E-state index contributed by atoms with van der Waals surface area (Å²) < 4.78 is 0.609. The Balaban J connectivity index is 2.90. The maximum absolute atomic E-state index is 10.6. The van der Waals surface area contributed by atoms with E-state index in [-0.39, 0.29) is 17.1 Å². The van der Waals surface area contributed by atoms with Gasteiger partial charge in [-0.25, -0.2) is 4.98 Å². The van der Waals surface area contributed by atoms with Gasteiger partial charge in [0.2, 0.25) is 5.91 Å². The Kier molecular flexibility index (Phi) is 4.67. The highest BCUT2D eigenvalue weighted by Gasteiger charge is 2.23. The molecule has 2 unspecified atom stereocenters. The first-order valence-corrected chi connectivity index (χ1v) is 5.54. The number of carbonyl (C=O) groups excluding carboxylic acids is 1. The molecule has 0 saturated heterocycles. The predicted molar refractivity (Wildman–Crippen MR) is 61.7 cm³/mol. The van der Waals surface area contributed by atoms with Crippen molar-refractivity contribution in [3.8, 4) is 0 Å². The topological polar surface area (TPSA) is 96.4 Å². The number of aromatic nitrogens is 1. The molecule has 0 bridgehead atoms. The average molecular weight is 310 g/mol. The van der Waals surface area contributed by atoms with Crippen LogP contribution in [-0.4, -0.2) is 27.2 Å². The predicted octanol–water partition coefficient (Wildman–Crippen LogP) is 0.767. The van der Waals surface area contributed by atoms with Gasteiger partial charge in [0.1, 0.15) is 11.3 Å². The average Bonchev–Trinajstić information content (AvgIpc) is 2.19. The van der Waals surface area contributed by atoms with Crippen LogP contribution >= 0.6 is 27.5 Å². The molecule has 7 heteroatoms. The molecule has 0 aliphatic rings. The molecular formula is C9H10BrClN2O3. The first-order valence-electron chi connectivity index (χ1n) is 4.37. The van der Waals surface area contributed by atoms with Crippen LogP contribution in [0.25, 0.3) is 0 Å². The lowest BCUT2D eigenvalue weighted by molar-refractivity contribution is -0.121. The summed E-state index contributed by atoms with van der Waals surface area (Å²) in [6, 6.07) is 1.52. The number of carbonyl (C=O) groups is 1. The Hall–Kier alpha value is -0.690. The number of pyridine rings is 1. The molecule has 2 atom stereocenters. The normalized spacial score (nSPS) is 14.5. The highest BCUT2D eigenvalue weighted by atomic mass is 79.9. The Bertz CT molecular complexity index is 402. The highest BCUT2D eigenvalue weighted by molar-refractivity contribution is 9.10. The van der Waals surface area contributed by atoms with Crippen molar-refractivity contribution in [1.29, 1.82) is 0 Å². The van der Waals surface area contributed by atoms with Crippen LogP contribution in [-0.2, 0) is 4.79 Å². The SMILES string of the molecule is NC(=O)CC(O)C(O)c1cc(Br)cnc1Cl. The maximum atomic E-state index is 10.6. The number of hydrogen-bond acceptors (Lipinski definition) is 4. The van der Waals surface area contributed by atoms with E-state index in [1.165, 1.54) is 12.3 Å². The Labute approximate surface area is 105 Å². The molecular weight excluding hydrogens is 299 g/mol. The summed E-state index contributed by atoms with van der Waals surface area (Å²) in [5.41, 5.74) is 5.15. The van der Waals surface area contributed by atoms with Gasteiger partial charge in [-0.15, -0.1) is 0 Å². The summed E-state index contributed by atoms with van der Waals surface area (Å²) in [4.78, 5) is 14.4. The van der Waals surface area contributed by atoms with E-state index < -0.39 is 18.1 Å². The number of amides is 1. The highest BCUT2D eigenvalue weighted by Crippen LogP contribution is 2.27. The number of nitrogens with two attached hydrogens (primary N) is 1. The number of aliphatic hydroxyl groups is 2. The van der Waals surface area contributed by atoms with Crippen LogP contribution in [0.3, 0.4) is 0 Å². The molecule has 0 aliphatic carbocycles. The minimum Gasteiger partial charge on any atom is -0.390 e. The molecule has 5 nitrogen and oxygen atoms in total. The van der Waals surface area contributed by atoms with Crippen LogP contribution in [0, 0.1) is 0 Å². The molecule has 0 aromatic carbocycles. The quantitative estimate of drug-likeness (QED) is 0.716. The molecule has 0 aliphatic heterocycles. The Morgan fingerprint density at radius 1 is 1.62 bits per heavy atom. The minimum absolute atomic E-state index is 0.0687. The maximum Gasteiger partial charge on any atom is 0.220 e. The van der Waals surface area contributed by atoms with Crippen molar-refractivity contribution in [3.05, 3.63) is 27.5 Å². The van der Waals surface area contributed by atoms with Crippen molar-refractivity contribution in [2.75, 3.05) is 0 Å². The lowest BCUT2D eigenvalue weighted by Gasteiger charge is -2.17. The van der Waals surface area contributed by atoms with Crippen LogP contribution in [0.1, 0.15) is 18.1 Å². The summed E-state index contributed by atoms with van der Waals surface area (Å²) in [6.07, 6.45) is -1.49. The summed E-state index contributed by atoms with van der Waals surface area (Å²) in [7, 11) is 0. The van der Waals surface area contributed by atoms with E-state index in [0.717, 1.165) is 0 Å². The van der Waals surface area contributed by atoms with Gasteiger partial charge in [-0.3, -0.25) is 4.79 Å². The molecule has 16 heavy (non-hydrogen) atoms. The number of aliphatic hydroxyl groups excluding tert-OH is 2. The molecule has 88 valence electrons. The van der Waals surface area contributed by atoms with Gasteiger partial charge >= 0.3 is 0 Å². The van der Waals surface area contributed by atoms with Crippen LogP contribution in [0.5, 0.6) is 0 Å². The van der Waals surface area contributed by atoms with E-state index in [9.17, 15) is 15.0 Å². The minimum atomic E-state index is -1.30.